The van der Waals surface area contributed by atoms with Crippen molar-refractivity contribution in [2.45, 2.75) is 63.9 Å². The van der Waals surface area contributed by atoms with Crippen LogP contribution in [0.15, 0.2) is 40.2 Å². The summed E-state index contributed by atoms with van der Waals surface area (Å²) in [6.45, 7) is 7.63. The standard InChI is InChI=1S/C25H28N4S3/c1-4-11-29-23(21-15-30-22-12-17(3)7-10-20(21)22)27-28-25(29)32-14-19-13-31-24(26-19)18-8-5-16(2)6-9-18/h5-6,8-9,13,15,17H,4,7,10-12,14H2,1-3H3. The van der Waals surface area contributed by atoms with Crippen LogP contribution in [0.1, 0.15) is 48.4 Å². The van der Waals surface area contributed by atoms with Gasteiger partial charge >= 0.3 is 0 Å². The molecule has 3 heterocycles. The Kier molecular flexibility index (Phi) is 6.49. The molecule has 0 radical (unpaired) electrons. The second kappa shape index (κ2) is 9.49. The third-order valence-corrected chi connectivity index (χ3v) is 9.00. The van der Waals surface area contributed by atoms with Gasteiger partial charge in [0.2, 0.25) is 0 Å². The summed E-state index contributed by atoms with van der Waals surface area (Å²) in [4.78, 5) is 6.41. The van der Waals surface area contributed by atoms with Crippen molar-refractivity contribution in [2.24, 2.45) is 5.92 Å². The van der Waals surface area contributed by atoms with Gasteiger partial charge in [-0.2, -0.15) is 0 Å². The topological polar surface area (TPSA) is 43.6 Å². The molecule has 0 bridgehead atoms. The molecular weight excluding hydrogens is 453 g/mol. The number of thiophene rings is 1. The molecule has 32 heavy (non-hydrogen) atoms. The summed E-state index contributed by atoms with van der Waals surface area (Å²) >= 11 is 5.36. The molecule has 5 rings (SSSR count). The molecular formula is C25H28N4S3. The zero-order valence-electron chi connectivity index (χ0n) is 18.8. The molecule has 1 aromatic carbocycles. The molecule has 0 saturated heterocycles. The average Bonchev–Trinajstić information content (AvgIpc) is 3.51. The number of thiazole rings is 1. The molecule has 4 aromatic rings. The van der Waals surface area contributed by atoms with Crippen LogP contribution in [0.5, 0.6) is 0 Å². The van der Waals surface area contributed by atoms with E-state index in [1.54, 1.807) is 28.0 Å². The summed E-state index contributed by atoms with van der Waals surface area (Å²) in [5.74, 6) is 2.64. The maximum atomic E-state index is 4.86. The lowest BCUT2D eigenvalue weighted by Gasteiger charge is -2.19. The van der Waals surface area contributed by atoms with Crippen LogP contribution in [0.3, 0.4) is 0 Å². The van der Waals surface area contributed by atoms with Gasteiger partial charge in [-0.1, -0.05) is 55.4 Å². The summed E-state index contributed by atoms with van der Waals surface area (Å²) in [6.07, 6.45) is 4.71. The summed E-state index contributed by atoms with van der Waals surface area (Å²) < 4.78 is 2.32. The predicted molar refractivity (Wildman–Crippen MR) is 137 cm³/mol. The van der Waals surface area contributed by atoms with Crippen LogP contribution < -0.4 is 0 Å². The molecule has 1 aliphatic carbocycles. The van der Waals surface area contributed by atoms with Crippen LogP contribution in [-0.2, 0) is 25.1 Å². The van der Waals surface area contributed by atoms with Gasteiger partial charge in [0.1, 0.15) is 5.01 Å². The van der Waals surface area contributed by atoms with Gasteiger partial charge in [0.25, 0.3) is 0 Å². The molecule has 0 N–H and O–H groups in total. The monoisotopic (exact) mass is 480 g/mol. The fourth-order valence-electron chi connectivity index (χ4n) is 4.23. The average molecular weight is 481 g/mol. The Hall–Kier alpha value is -1.96. The highest BCUT2D eigenvalue weighted by atomic mass is 32.2. The number of hydrogen-bond donors (Lipinski definition) is 0. The van der Waals surface area contributed by atoms with Crippen molar-refractivity contribution in [3.05, 3.63) is 56.7 Å². The molecule has 0 saturated carbocycles. The van der Waals surface area contributed by atoms with Crippen molar-refractivity contribution >= 4 is 34.4 Å². The normalized spacial score (nSPS) is 15.8. The molecule has 0 spiro atoms. The Morgan fingerprint density at radius 3 is 2.78 bits per heavy atom. The SMILES string of the molecule is CCCn1c(SCc2csc(-c3ccc(C)cc3)n2)nnc1-c1csc2c1CCC(C)C2. The lowest BCUT2D eigenvalue weighted by molar-refractivity contribution is 0.508. The van der Waals surface area contributed by atoms with Crippen molar-refractivity contribution < 1.29 is 0 Å². The molecule has 1 atom stereocenters. The van der Waals surface area contributed by atoms with Crippen LogP contribution in [0, 0.1) is 12.8 Å². The highest BCUT2D eigenvalue weighted by Gasteiger charge is 2.24. The van der Waals surface area contributed by atoms with Gasteiger partial charge < -0.3 is 4.57 Å². The van der Waals surface area contributed by atoms with E-state index in [-0.39, 0.29) is 0 Å². The minimum atomic E-state index is 0.788. The van der Waals surface area contributed by atoms with Crippen LogP contribution in [0.2, 0.25) is 0 Å². The van der Waals surface area contributed by atoms with E-state index >= 15 is 0 Å². The number of benzene rings is 1. The minimum absolute atomic E-state index is 0.788. The summed E-state index contributed by atoms with van der Waals surface area (Å²) in [7, 11) is 0. The van der Waals surface area contributed by atoms with E-state index in [0.717, 1.165) is 52.7 Å². The van der Waals surface area contributed by atoms with E-state index in [9.17, 15) is 0 Å². The van der Waals surface area contributed by atoms with E-state index in [1.807, 2.05) is 11.3 Å². The van der Waals surface area contributed by atoms with Crippen molar-refractivity contribution in [1.82, 2.24) is 19.7 Å². The van der Waals surface area contributed by atoms with E-state index in [0.29, 0.717) is 0 Å². The van der Waals surface area contributed by atoms with E-state index in [1.165, 1.54) is 35.1 Å². The Morgan fingerprint density at radius 2 is 1.97 bits per heavy atom. The minimum Gasteiger partial charge on any atom is -0.302 e. The number of fused-ring (bicyclic) bond motifs is 1. The van der Waals surface area contributed by atoms with Crippen molar-refractivity contribution in [1.29, 1.82) is 0 Å². The third-order valence-electron chi connectivity index (χ3n) is 6.01. The number of hydrogen-bond acceptors (Lipinski definition) is 6. The largest absolute Gasteiger partial charge is 0.302 e. The van der Waals surface area contributed by atoms with E-state index in [4.69, 9.17) is 4.98 Å². The maximum absolute atomic E-state index is 4.86. The quantitative estimate of drug-likeness (QED) is 0.261. The Morgan fingerprint density at radius 1 is 1.12 bits per heavy atom. The molecule has 0 fully saturated rings. The first kappa shape index (κ1) is 21.9. The fourth-order valence-corrected chi connectivity index (χ4v) is 7.26. The third kappa shape index (κ3) is 4.43. The number of nitrogens with zero attached hydrogens (tertiary/aromatic N) is 4. The fraction of sp³-hybridized carbons (Fsp3) is 0.400. The van der Waals surface area contributed by atoms with Crippen LogP contribution in [0.25, 0.3) is 22.0 Å². The van der Waals surface area contributed by atoms with Gasteiger partial charge in [0, 0.05) is 39.1 Å². The van der Waals surface area contributed by atoms with Crippen molar-refractivity contribution in [2.75, 3.05) is 0 Å². The van der Waals surface area contributed by atoms with Gasteiger partial charge in [-0.05, 0) is 44.1 Å². The maximum Gasteiger partial charge on any atom is 0.191 e. The van der Waals surface area contributed by atoms with E-state index < -0.39 is 0 Å². The first-order valence-corrected chi connectivity index (χ1v) is 14.0. The molecule has 3 aromatic heterocycles. The van der Waals surface area contributed by atoms with Crippen molar-refractivity contribution in [3.63, 3.8) is 0 Å². The molecule has 1 aliphatic rings. The highest BCUT2D eigenvalue weighted by Crippen LogP contribution is 2.38. The summed E-state index contributed by atoms with van der Waals surface area (Å²) in [5.41, 5.74) is 6.38. The Bertz CT molecular complexity index is 1200. The first-order valence-electron chi connectivity index (χ1n) is 11.3. The molecule has 4 nitrogen and oxygen atoms in total. The Labute approximate surface area is 202 Å². The lowest BCUT2D eigenvalue weighted by Crippen LogP contribution is -2.10. The molecule has 7 heteroatoms. The lowest BCUT2D eigenvalue weighted by atomic mass is 9.88. The van der Waals surface area contributed by atoms with Crippen molar-refractivity contribution in [3.8, 4) is 22.0 Å². The zero-order chi connectivity index (χ0) is 22.1. The molecule has 166 valence electrons. The van der Waals surface area contributed by atoms with Gasteiger partial charge in [0.15, 0.2) is 11.0 Å². The summed E-state index contributed by atoms with van der Waals surface area (Å²) in [6, 6.07) is 8.59. The summed E-state index contributed by atoms with van der Waals surface area (Å²) in [5, 5.41) is 15.8. The molecule has 0 amide bonds. The van der Waals surface area contributed by atoms with E-state index in [2.05, 4.69) is 70.6 Å². The van der Waals surface area contributed by atoms with Gasteiger partial charge in [-0.25, -0.2) is 4.98 Å². The number of aromatic nitrogens is 4. The Balaban J connectivity index is 1.35. The highest BCUT2D eigenvalue weighted by molar-refractivity contribution is 7.98. The predicted octanol–water partition coefficient (Wildman–Crippen LogP) is 7.27. The van der Waals surface area contributed by atoms with Gasteiger partial charge in [-0.15, -0.1) is 32.9 Å². The first-order chi connectivity index (χ1) is 15.6. The molecule has 0 aliphatic heterocycles. The van der Waals surface area contributed by atoms with Gasteiger partial charge in [0.05, 0.1) is 5.69 Å². The number of rotatable bonds is 7. The zero-order valence-corrected chi connectivity index (χ0v) is 21.2. The van der Waals surface area contributed by atoms with Crippen LogP contribution in [0.4, 0.5) is 0 Å². The second-order valence-corrected chi connectivity index (χ2v) is 11.4. The smallest absolute Gasteiger partial charge is 0.191 e. The number of aryl methyl sites for hydroxylation is 1. The van der Waals surface area contributed by atoms with Gasteiger partial charge in [-0.3, -0.25) is 0 Å². The van der Waals surface area contributed by atoms with Crippen LogP contribution in [-0.4, -0.2) is 19.7 Å². The van der Waals surface area contributed by atoms with Crippen LogP contribution >= 0.6 is 34.4 Å². The second-order valence-electron chi connectivity index (χ2n) is 8.66. The molecule has 1 unspecified atom stereocenters. The number of thioether (sulfide) groups is 1.